The van der Waals surface area contributed by atoms with Crippen LogP contribution in [0.5, 0.6) is 5.75 Å². The standard InChI is InChI=1S/C21H22BrN3O3S/c1-3-25(21-24-23-19(29-21)20(26)27-4-2)13-16-12-17(22)10-11-18(16)28-14-15-8-6-5-7-9-15/h5-12H,3-4,13-14H2,1-2H3. The Morgan fingerprint density at radius 3 is 2.66 bits per heavy atom. The summed E-state index contributed by atoms with van der Waals surface area (Å²) >= 11 is 4.77. The number of nitrogens with zero attached hydrogens (tertiary/aromatic N) is 3. The Hall–Kier alpha value is -2.45. The Morgan fingerprint density at radius 2 is 1.93 bits per heavy atom. The summed E-state index contributed by atoms with van der Waals surface area (Å²) in [7, 11) is 0. The molecule has 0 aliphatic heterocycles. The molecule has 3 rings (SSSR count). The summed E-state index contributed by atoms with van der Waals surface area (Å²) in [5.74, 6) is 0.368. The number of carbonyl (C=O) groups excluding carboxylic acids is 1. The van der Waals surface area contributed by atoms with Gasteiger partial charge in [0.05, 0.1) is 6.61 Å². The van der Waals surface area contributed by atoms with Crippen LogP contribution < -0.4 is 9.64 Å². The van der Waals surface area contributed by atoms with Crippen LogP contribution >= 0.6 is 27.3 Å². The van der Waals surface area contributed by atoms with Gasteiger partial charge in [-0.2, -0.15) is 0 Å². The van der Waals surface area contributed by atoms with Gasteiger partial charge in [-0.25, -0.2) is 4.79 Å². The number of hydrogen-bond donors (Lipinski definition) is 0. The maximum atomic E-state index is 11.9. The number of benzene rings is 2. The number of carbonyl (C=O) groups is 1. The average Bonchev–Trinajstić information content (AvgIpc) is 3.22. The topological polar surface area (TPSA) is 64.5 Å². The Morgan fingerprint density at radius 1 is 1.14 bits per heavy atom. The molecule has 0 amide bonds. The second-order valence-electron chi connectivity index (χ2n) is 6.15. The molecule has 0 N–H and O–H groups in total. The summed E-state index contributed by atoms with van der Waals surface area (Å²) in [6.45, 7) is 5.90. The van der Waals surface area contributed by atoms with Crippen LogP contribution in [0.3, 0.4) is 0 Å². The lowest BCUT2D eigenvalue weighted by atomic mass is 10.2. The van der Waals surface area contributed by atoms with Crippen LogP contribution in [0.25, 0.3) is 0 Å². The molecule has 1 aromatic heterocycles. The van der Waals surface area contributed by atoms with E-state index in [1.165, 1.54) is 11.3 Å². The summed E-state index contributed by atoms with van der Waals surface area (Å²) in [5.41, 5.74) is 2.13. The maximum Gasteiger partial charge on any atom is 0.369 e. The van der Waals surface area contributed by atoms with E-state index in [9.17, 15) is 4.79 Å². The number of aromatic nitrogens is 2. The quantitative estimate of drug-likeness (QED) is 0.402. The fourth-order valence-corrected chi connectivity index (χ4v) is 3.90. The molecule has 0 aliphatic carbocycles. The van der Waals surface area contributed by atoms with Crippen molar-refractivity contribution in [3.63, 3.8) is 0 Å². The van der Waals surface area contributed by atoms with E-state index in [0.717, 1.165) is 21.3 Å². The molecule has 2 aromatic carbocycles. The van der Waals surface area contributed by atoms with Gasteiger partial charge in [0.2, 0.25) is 10.1 Å². The normalized spacial score (nSPS) is 10.6. The molecule has 0 atom stereocenters. The molecular formula is C21H22BrN3O3S. The zero-order valence-corrected chi connectivity index (χ0v) is 18.7. The van der Waals surface area contributed by atoms with E-state index in [0.29, 0.717) is 31.4 Å². The van der Waals surface area contributed by atoms with Gasteiger partial charge in [0, 0.05) is 23.1 Å². The first-order chi connectivity index (χ1) is 14.1. The van der Waals surface area contributed by atoms with E-state index < -0.39 is 5.97 Å². The fraction of sp³-hybridized carbons (Fsp3) is 0.286. The first-order valence-electron chi connectivity index (χ1n) is 9.31. The van der Waals surface area contributed by atoms with Gasteiger partial charge in [-0.15, -0.1) is 10.2 Å². The molecular weight excluding hydrogens is 454 g/mol. The molecule has 29 heavy (non-hydrogen) atoms. The summed E-state index contributed by atoms with van der Waals surface area (Å²) in [4.78, 5) is 13.9. The summed E-state index contributed by atoms with van der Waals surface area (Å²) in [6.07, 6.45) is 0. The molecule has 0 radical (unpaired) electrons. The molecule has 0 saturated heterocycles. The molecule has 0 spiro atoms. The van der Waals surface area contributed by atoms with E-state index in [2.05, 4.69) is 31.0 Å². The van der Waals surface area contributed by atoms with Crippen molar-refractivity contribution in [1.29, 1.82) is 0 Å². The fourth-order valence-electron chi connectivity index (χ4n) is 2.69. The largest absolute Gasteiger partial charge is 0.489 e. The van der Waals surface area contributed by atoms with Crippen LogP contribution in [-0.2, 0) is 17.9 Å². The Balaban J connectivity index is 1.76. The van der Waals surface area contributed by atoms with Crippen LogP contribution in [0.2, 0.25) is 0 Å². The van der Waals surface area contributed by atoms with Crippen molar-refractivity contribution in [1.82, 2.24) is 10.2 Å². The summed E-state index contributed by atoms with van der Waals surface area (Å²) in [6, 6.07) is 16.0. The number of rotatable bonds is 9. The van der Waals surface area contributed by atoms with Gasteiger partial charge >= 0.3 is 5.97 Å². The maximum absolute atomic E-state index is 11.9. The van der Waals surface area contributed by atoms with Crippen LogP contribution in [0.4, 0.5) is 5.13 Å². The lowest BCUT2D eigenvalue weighted by molar-refractivity contribution is 0.0525. The molecule has 0 aliphatic rings. The van der Waals surface area contributed by atoms with Gasteiger partial charge in [0.1, 0.15) is 12.4 Å². The van der Waals surface area contributed by atoms with Crippen molar-refractivity contribution in [2.45, 2.75) is 27.0 Å². The van der Waals surface area contributed by atoms with E-state index in [4.69, 9.17) is 9.47 Å². The second kappa shape index (κ2) is 10.4. The van der Waals surface area contributed by atoms with E-state index in [1.54, 1.807) is 6.92 Å². The first kappa shape index (κ1) is 21.3. The van der Waals surface area contributed by atoms with Crippen molar-refractivity contribution < 1.29 is 14.3 Å². The van der Waals surface area contributed by atoms with Gasteiger partial charge in [0.25, 0.3) is 0 Å². The molecule has 6 nitrogen and oxygen atoms in total. The number of hydrogen-bond acceptors (Lipinski definition) is 7. The van der Waals surface area contributed by atoms with Crippen molar-refractivity contribution in [3.05, 3.63) is 69.1 Å². The molecule has 0 saturated carbocycles. The third kappa shape index (κ3) is 5.77. The van der Waals surface area contributed by atoms with Crippen LogP contribution in [0.15, 0.2) is 53.0 Å². The highest BCUT2D eigenvalue weighted by atomic mass is 79.9. The highest BCUT2D eigenvalue weighted by molar-refractivity contribution is 9.10. The molecule has 152 valence electrons. The third-order valence-electron chi connectivity index (χ3n) is 4.14. The van der Waals surface area contributed by atoms with Crippen LogP contribution in [0.1, 0.15) is 34.8 Å². The van der Waals surface area contributed by atoms with Crippen LogP contribution in [-0.4, -0.2) is 29.3 Å². The second-order valence-corrected chi connectivity index (χ2v) is 8.02. The summed E-state index contributed by atoms with van der Waals surface area (Å²) in [5, 5.41) is 9.08. The van der Waals surface area contributed by atoms with Crippen molar-refractivity contribution in [2.24, 2.45) is 0 Å². The van der Waals surface area contributed by atoms with Gasteiger partial charge in [-0.3, -0.25) is 0 Å². The summed E-state index contributed by atoms with van der Waals surface area (Å²) < 4.78 is 12.1. The van der Waals surface area contributed by atoms with Crippen molar-refractivity contribution in [2.75, 3.05) is 18.1 Å². The van der Waals surface area contributed by atoms with Crippen molar-refractivity contribution >= 4 is 38.4 Å². The number of esters is 1. The number of halogens is 1. The van der Waals surface area contributed by atoms with E-state index in [-0.39, 0.29) is 5.01 Å². The Labute approximate surface area is 182 Å². The molecule has 0 bridgehead atoms. The Kier molecular flexibility index (Phi) is 7.60. The average molecular weight is 476 g/mol. The minimum atomic E-state index is -0.443. The number of anilines is 1. The zero-order chi connectivity index (χ0) is 20.6. The van der Waals surface area contributed by atoms with Crippen molar-refractivity contribution in [3.8, 4) is 5.75 Å². The van der Waals surface area contributed by atoms with Gasteiger partial charge in [-0.05, 0) is 37.6 Å². The number of ether oxygens (including phenoxy) is 2. The molecule has 1 heterocycles. The predicted octanol–water partition coefficient (Wildman–Crippen LogP) is 5.08. The third-order valence-corrected chi connectivity index (χ3v) is 5.59. The van der Waals surface area contributed by atoms with Gasteiger partial charge < -0.3 is 14.4 Å². The minimum absolute atomic E-state index is 0.259. The smallest absolute Gasteiger partial charge is 0.369 e. The Bertz CT molecular complexity index is 949. The van der Waals surface area contributed by atoms with E-state index >= 15 is 0 Å². The highest BCUT2D eigenvalue weighted by Gasteiger charge is 2.18. The SMILES string of the molecule is CCOC(=O)c1nnc(N(CC)Cc2cc(Br)ccc2OCc2ccccc2)s1. The van der Waals surface area contributed by atoms with Gasteiger partial charge in [0.15, 0.2) is 0 Å². The first-order valence-corrected chi connectivity index (χ1v) is 10.9. The zero-order valence-electron chi connectivity index (χ0n) is 16.3. The molecule has 3 aromatic rings. The molecule has 0 unspecified atom stereocenters. The monoisotopic (exact) mass is 475 g/mol. The predicted molar refractivity (Wildman–Crippen MR) is 118 cm³/mol. The van der Waals surface area contributed by atoms with Crippen LogP contribution in [0, 0.1) is 0 Å². The lowest BCUT2D eigenvalue weighted by Crippen LogP contribution is -2.22. The molecule has 8 heteroatoms. The highest BCUT2D eigenvalue weighted by Crippen LogP contribution is 2.29. The van der Waals surface area contributed by atoms with Gasteiger partial charge in [-0.1, -0.05) is 57.6 Å². The lowest BCUT2D eigenvalue weighted by Gasteiger charge is -2.21. The van der Waals surface area contributed by atoms with E-state index in [1.807, 2.05) is 55.5 Å². The minimum Gasteiger partial charge on any atom is -0.489 e. The molecule has 0 fully saturated rings.